The molecule has 2 aromatic carbocycles. The summed E-state index contributed by atoms with van der Waals surface area (Å²) >= 11 is 5.79. The standard InChI is InChI=1S/C23H23ClN8O2/c1-31-20-8-16(29-17-12-32(13-17)21(25)33)4-7-19(20)30-22(31)26-9-14-2-5-18(6-3-14)34-23-27-10-15(24)11-28-23/h2-8,10-11,17,29H,9,12-13H2,1H3,(H2,25,33)(H,26,30). The van der Waals surface area contributed by atoms with Crippen LogP contribution in [-0.2, 0) is 13.6 Å². The number of anilines is 2. The first-order valence-electron chi connectivity index (χ1n) is 10.7. The highest BCUT2D eigenvalue weighted by molar-refractivity contribution is 6.30. The molecule has 2 amide bonds. The summed E-state index contributed by atoms with van der Waals surface area (Å²) in [7, 11) is 1.97. The third-order valence-electron chi connectivity index (χ3n) is 5.62. The molecule has 0 aliphatic carbocycles. The van der Waals surface area contributed by atoms with Crippen molar-refractivity contribution in [3.8, 4) is 11.8 Å². The molecule has 0 spiro atoms. The molecular formula is C23H23ClN8O2. The van der Waals surface area contributed by atoms with Gasteiger partial charge in [-0.3, -0.25) is 0 Å². The van der Waals surface area contributed by atoms with Gasteiger partial charge in [0.25, 0.3) is 0 Å². The van der Waals surface area contributed by atoms with Crippen molar-refractivity contribution in [3.63, 3.8) is 0 Å². The highest BCUT2D eigenvalue weighted by Crippen LogP contribution is 2.25. The number of nitrogens with two attached hydrogens (primary N) is 1. The number of likely N-dealkylation sites (tertiary alicyclic amines) is 1. The fourth-order valence-corrected chi connectivity index (χ4v) is 3.84. The van der Waals surface area contributed by atoms with Gasteiger partial charge in [0.2, 0.25) is 5.95 Å². The Bertz CT molecular complexity index is 1320. The van der Waals surface area contributed by atoms with Crippen LogP contribution in [0.5, 0.6) is 11.8 Å². The molecule has 5 rings (SSSR count). The third kappa shape index (κ3) is 4.67. The second-order valence-corrected chi connectivity index (χ2v) is 8.50. The number of fused-ring (bicyclic) bond motifs is 1. The molecule has 0 radical (unpaired) electrons. The van der Waals surface area contributed by atoms with Crippen LogP contribution in [0.2, 0.25) is 5.02 Å². The van der Waals surface area contributed by atoms with Gasteiger partial charge >= 0.3 is 12.0 Å². The van der Waals surface area contributed by atoms with Gasteiger partial charge in [-0.1, -0.05) is 23.7 Å². The number of hydrogen-bond acceptors (Lipinski definition) is 7. The minimum atomic E-state index is -0.381. The summed E-state index contributed by atoms with van der Waals surface area (Å²) in [5.74, 6) is 1.41. The first kappa shape index (κ1) is 21.8. The van der Waals surface area contributed by atoms with E-state index in [0.717, 1.165) is 28.2 Å². The average molecular weight is 479 g/mol. The Morgan fingerprint density at radius 1 is 1.18 bits per heavy atom. The third-order valence-corrected chi connectivity index (χ3v) is 5.82. The molecule has 4 N–H and O–H groups in total. The minimum Gasteiger partial charge on any atom is -0.424 e. The smallest absolute Gasteiger partial charge is 0.321 e. The molecule has 0 atom stereocenters. The maximum absolute atomic E-state index is 11.2. The number of ether oxygens (including phenoxy) is 1. The lowest BCUT2D eigenvalue weighted by Gasteiger charge is -2.38. The SMILES string of the molecule is Cn1c(NCc2ccc(Oc3ncc(Cl)cn3)cc2)nc2ccc(NC3CN(C(N)=O)C3)cc21. The van der Waals surface area contributed by atoms with Crippen LogP contribution in [0.15, 0.2) is 54.9 Å². The largest absolute Gasteiger partial charge is 0.424 e. The second kappa shape index (κ2) is 9.06. The van der Waals surface area contributed by atoms with E-state index in [9.17, 15) is 4.79 Å². The number of aryl methyl sites for hydroxylation is 1. The van der Waals surface area contributed by atoms with Crippen molar-refractivity contribution in [2.45, 2.75) is 12.6 Å². The molecule has 10 nitrogen and oxygen atoms in total. The number of primary amides is 1. The summed E-state index contributed by atoms with van der Waals surface area (Å²) in [5.41, 5.74) is 9.25. The molecule has 3 heterocycles. The minimum absolute atomic E-state index is 0.203. The quantitative estimate of drug-likeness (QED) is 0.371. The highest BCUT2D eigenvalue weighted by Gasteiger charge is 2.29. The molecular weight excluding hydrogens is 456 g/mol. The number of carbonyl (C=O) groups excluding carboxylic acids is 1. The number of nitrogens with zero attached hydrogens (tertiary/aromatic N) is 5. The molecule has 11 heteroatoms. The Hall–Kier alpha value is -4.05. The van der Waals surface area contributed by atoms with E-state index in [2.05, 4.69) is 26.7 Å². The van der Waals surface area contributed by atoms with Crippen LogP contribution < -0.4 is 21.1 Å². The zero-order valence-corrected chi connectivity index (χ0v) is 19.2. The summed E-state index contributed by atoms with van der Waals surface area (Å²) in [5, 5.41) is 7.28. The van der Waals surface area contributed by atoms with E-state index in [1.807, 2.05) is 48.0 Å². The Balaban J connectivity index is 1.20. The van der Waals surface area contributed by atoms with Crippen molar-refractivity contribution < 1.29 is 9.53 Å². The lowest BCUT2D eigenvalue weighted by Crippen LogP contribution is -2.58. The average Bonchev–Trinajstić information content (AvgIpc) is 3.12. The van der Waals surface area contributed by atoms with Crippen molar-refractivity contribution in [2.24, 2.45) is 12.8 Å². The fraction of sp³-hybridized carbons (Fsp3) is 0.217. The monoisotopic (exact) mass is 478 g/mol. The molecule has 1 fully saturated rings. The van der Waals surface area contributed by atoms with Crippen molar-refractivity contribution >= 4 is 40.3 Å². The number of carbonyl (C=O) groups is 1. The van der Waals surface area contributed by atoms with E-state index in [4.69, 9.17) is 27.1 Å². The van der Waals surface area contributed by atoms with Crippen molar-refractivity contribution in [2.75, 3.05) is 23.7 Å². The van der Waals surface area contributed by atoms with Gasteiger partial charge in [-0.05, 0) is 35.9 Å². The number of nitrogens with one attached hydrogen (secondary N) is 2. The predicted octanol–water partition coefficient (Wildman–Crippen LogP) is 3.60. The van der Waals surface area contributed by atoms with Crippen molar-refractivity contribution in [1.29, 1.82) is 0 Å². The molecule has 1 aliphatic heterocycles. The van der Waals surface area contributed by atoms with E-state index in [0.29, 0.717) is 30.4 Å². The molecule has 34 heavy (non-hydrogen) atoms. The zero-order valence-electron chi connectivity index (χ0n) is 18.4. The Morgan fingerprint density at radius 3 is 2.62 bits per heavy atom. The van der Waals surface area contributed by atoms with Gasteiger partial charge < -0.3 is 30.6 Å². The topological polar surface area (TPSA) is 123 Å². The van der Waals surface area contributed by atoms with Gasteiger partial charge in [0.15, 0.2) is 0 Å². The zero-order chi connectivity index (χ0) is 23.7. The van der Waals surface area contributed by atoms with E-state index in [1.165, 1.54) is 12.4 Å². The highest BCUT2D eigenvalue weighted by atomic mass is 35.5. The molecule has 4 aromatic rings. The fourth-order valence-electron chi connectivity index (χ4n) is 3.74. The van der Waals surface area contributed by atoms with Crippen LogP contribution in [-0.4, -0.2) is 49.6 Å². The lowest BCUT2D eigenvalue weighted by atomic mass is 10.1. The van der Waals surface area contributed by atoms with Gasteiger partial charge in [-0.2, -0.15) is 0 Å². The van der Waals surface area contributed by atoms with Gasteiger partial charge in [0.05, 0.1) is 34.5 Å². The number of amides is 2. The number of imidazole rings is 1. The van der Waals surface area contributed by atoms with Crippen LogP contribution in [0.25, 0.3) is 11.0 Å². The number of aromatic nitrogens is 4. The summed E-state index contributed by atoms with van der Waals surface area (Å²) in [6, 6.07) is 13.8. The Kier molecular flexibility index (Phi) is 5.81. The first-order valence-corrected chi connectivity index (χ1v) is 11.1. The van der Waals surface area contributed by atoms with Crippen LogP contribution in [0.4, 0.5) is 16.4 Å². The van der Waals surface area contributed by atoms with Gasteiger partial charge in [0, 0.05) is 32.4 Å². The molecule has 2 aromatic heterocycles. The summed E-state index contributed by atoms with van der Waals surface area (Å²) in [6.45, 7) is 1.83. The van der Waals surface area contributed by atoms with Crippen LogP contribution >= 0.6 is 11.6 Å². The van der Waals surface area contributed by atoms with E-state index >= 15 is 0 Å². The number of benzene rings is 2. The summed E-state index contributed by atoms with van der Waals surface area (Å²) in [6.07, 6.45) is 2.98. The number of halogens is 1. The van der Waals surface area contributed by atoms with Crippen LogP contribution in [0.3, 0.4) is 0 Å². The molecule has 1 saturated heterocycles. The molecule has 0 bridgehead atoms. The van der Waals surface area contributed by atoms with Crippen LogP contribution in [0.1, 0.15) is 5.56 Å². The summed E-state index contributed by atoms with van der Waals surface area (Å²) in [4.78, 5) is 25.5. The normalized spacial score (nSPS) is 13.5. The van der Waals surface area contributed by atoms with Gasteiger partial charge in [0.1, 0.15) is 5.75 Å². The molecule has 174 valence electrons. The van der Waals surface area contributed by atoms with Crippen LogP contribution in [0, 0.1) is 0 Å². The first-order chi connectivity index (χ1) is 16.4. The van der Waals surface area contributed by atoms with E-state index in [-0.39, 0.29) is 18.1 Å². The van der Waals surface area contributed by atoms with Crippen molar-refractivity contribution in [3.05, 3.63) is 65.4 Å². The molecule has 0 saturated carbocycles. The van der Waals surface area contributed by atoms with E-state index in [1.54, 1.807) is 4.90 Å². The Morgan fingerprint density at radius 2 is 1.91 bits per heavy atom. The number of urea groups is 1. The van der Waals surface area contributed by atoms with Crippen molar-refractivity contribution in [1.82, 2.24) is 24.4 Å². The molecule has 0 unspecified atom stereocenters. The Labute approximate surface area is 200 Å². The number of rotatable bonds is 7. The number of hydrogen-bond donors (Lipinski definition) is 3. The maximum atomic E-state index is 11.2. The van der Waals surface area contributed by atoms with Gasteiger partial charge in [-0.25, -0.2) is 19.7 Å². The molecule has 1 aliphatic rings. The van der Waals surface area contributed by atoms with Gasteiger partial charge in [-0.15, -0.1) is 0 Å². The lowest BCUT2D eigenvalue weighted by molar-refractivity contribution is 0.167. The summed E-state index contributed by atoms with van der Waals surface area (Å²) < 4.78 is 7.65. The maximum Gasteiger partial charge on any atom is 0.321 e. The van der Waals surface area contributed by atoms with E-state index < -0.39 is 0 Å². The predicted molar refractivity (Wildman–Crippen MR) is 130 cm³/mol. The second-order valence-electron chi connectivity index (χ2n) is 8.07.